The Bertz CT molecular complexity index is 1250. The van der Waals surface area contributed by atoms with Crippen LogP contribution in [0.5, 0.6) is 5.75 Å². The second-order valence-corrected chi connectivity index (χ2v) is 8.45. The maximum absolute atomic E-state index is 13.1. The van der Waals surface area contributed by atoms with Gasteiger partial charge < -0.3 is 19.2 Å². The topological polar surface area (TPSA) is 80.0 Å². The first-order chi connectivity index (χ1) is 15.4. The fourth-order valence-corrected chi connectivity index (χ4v) is 4.56. The average Bonchev–Trinajstić information content (AvgIpc) is 3.47. The first-order valence-corrected chi connectivity index (χ1v) is 10.7. The van der Waals surface area contributed by atoms with E-state index in [9.17, 15) is 14.7 Å². The van der Waals surface area contributed by atoms with Crippen LogP contribution in [0.15, 0.2) is 70.9 Å². The number of benzene rings is 2. The van der Waals surface area contributed by atoms with Crippen molar-refractivity contribution in [1.29, 1.82) is 0 Å². The molecule has 6 nitrogen and oxygen atoms in total. The van der Waals surface area contributed by atoms with Crippen molar-refractivity contribution in [2.24, 2.45) is 0 Å². The lowest BCUT2D eigenvalue weighted by molar-refractivity contribution is -0.140. The highest BCUT2D eigenvalue weighted by Crippen LogP contribution is 2.41. The molecule has 2 aliphatic rings. The molecule has 0 saturated carbocycles. The van der Waals surface area contributed by atoms with E-state index in [4.69, 9.17) is 20.8 Å². The number of carbonyl (C=O) groups is 2. The molecule has 3 aromatic rings. The van der Waals surface area contributed by atoms with Crippen LogP contribution in [0.2, 0.25) is 5.02 Å². The number of Topliss-reactive ketones (excluding diaryl/α,β-unsaturated/α-hetero) is 1. The molecular formula is C25H20ClNO5. The summed E-state index contributed by atoms with van der Waals surface area (Å²) in [5.41, 5.74) is 2.06. The van der Waals surface area contributed by atoms with Crippen molar-refractivity contribution < 1.29 is 23.8 Å². The van der Waals surface area contributed by atoms with Gasteiger partial charge >= 0.3 is 0 Å². The molecule has 3 heterocycles. The highest BCUT2D eigenvalue weighted by Gasteiger charge is 2.46. The summed E-state index contributed by atoms with van der Waals surface area (Å²) in [7, 11) is 0. The summed E-state index contributed by atoms with van der Waals surface area (Å²) < 4.78 is 11.1. The molecule has 0 unspecified atom stereocenters. The number of fused-ring (bicyclic) bond motifs is 1. The van der Waals surface area contributed by atoms with Gasteiger partial charge in [-0.1, -0.05) is 23.7 Å². The van der Waals surface area contributed by atoms with Crippen molar-refractivity contribution in [2.75, 3.05) is 0 Å². The summed E-state index contributed by atoms with van der Waals surface area (Å²) in [6.07, 6.45) is 2.27. The number of rotatable bonds is 4. The Morgan fingerprint density at radius 2 is 2.00 bits per heavy atom. The summed E-state index contributed by atoms with van der Waals surface area (Å²) >= 11 is 6.21. The fraction of sp³-hybridized carbons (Fsp3) is 0.200. The average molecular weight is 450 g/mol. The summed E-state index contributed by atoms with van der Waals surface area (Å²) in [6, 6.07) is 14.9. The molecule has 2 aromatic carbocycles. The second-order valence-electron chi connectivity index (χ2n) is 8.02. The van der Waals surface area contributed by atoms with E-state index in [2.05, 4.69) is 0 Å². The van der Waals surface area contributed by atoms with Gasteiger partial charge in [-0.15, -0.1) is 0 Å². The van der Waals surface area contributed by atoms with Crippen LogP contribution in [0.1, 0.15) is 35.4 Å². The van der Waals surface area contributed by atoms with Crippen molar-refractivity contribution >= 4 is 29.1 Å². The van der Waals surface area contributed by atoms with Gasteiger partial charge in [-0.05, 0) is 60.5 Å². The van der Waals surface area contributed by atoms with Gasteiger partial charge in [0.15, 0.2) is 0 Å². The highest BCUT2D eigenvalue weighted by molar-refractivity contribution is 6.46. The molecule has 1 amide bonds. The van der Waals surface area contributed by atoms with Crippen LogP contribution in [0.3, 0.4) is 0 Å². The number of ether oxygens (including phenoxy) is 1. The minimum absolute atomic E-state index is 0.0238. The van der Waals surface area contributed by atoms with Crippen molar-refractivity contribution in [3.63, 3.8) is 0 Å². The van der Waals surface area contributed by atoms with Crippen LogP contribution >= 0.6 is 11.6 Å². The van der Waals surface area contributed by atoms with Crippen LogP contribution in [0, 0.1) is 0 Å². The molecule has 1 fully saturated rings. The molecule has 2 atom stereocenters. The van der Waals surface area contributed by atoms with Gasteiger partial charge in [0, 0.05) is 17.0 Å². The SMILES string of the molecule is C[C@H]1Cc2cc(C(O)=C3C(=O)C(=O)N(Cc4ccco4)[C@@H]3c3cccc(Cl)c3)ccc2O1. The number of likely N-dealkylation sites (tertiary alicyclic amines) is 1. The number of aliphatic hydroxyl groups is 1. The molecule has 0 aliphatic carbocycles. The van der Waals surface area contributed by atoms with Crippen LogP contribution < -0.4 is 4.74 Å². The zero-order valence-electron chi connectivity index (χ0n) is 17.2. The lowest BCUT2D eigenvalue weighted by Gasteiger charge is -2.24. The number of hydrogen-bond acceptors (Lipinski definition) is 5. The van der Waals surface area contributed by atoms with Crippen LogP contribution in [0.25, 0.3) is 5.76 Å². The summed E-state index contributed by atoms with van der Waals surface area (Å²) in [5.74, 6) is -0.380. The first-order valence-electron chi connectivity index (χ1n) is 10.3. The van der Waals surface area contributed by atoms with Gasteiger partial charge in [-0.3, -0.25) is 9.59 Å². The van der Waals surface area contributed by atoms with Gasteiger partial charge in [-0.2, -0.15) is 0 Å². The molecule has 1 aromatic heterocycles. The molecule has 1 N–H and O–H groups in total. The van der Waals surface area contributed by atoms with Gasteiger partial charge in [0.2, 0.25) is 0 Å². The Labute approximate surface area is 189 Å². The van der Waals surface area contributed by atoms with E-state index in [0.717, 1.165) is 11.3 Å². The molecule has 2 aliphatic heterocycles. The maximum Gasteiger partial charge on any atom is 0.296 e. The minimum Gasteiger partial charge on any atom is -0.507 e. The Kier molecular flexibility index (Phi) is 5.02. The molecule has 0 radical (unpaired) electrons. The standard InChI is InChI=1S/C25H20ClNO5/c1-14-10-17-11-16(7-8-20(17)32-14)23(28)21-22(15-4-2-5-18(26)12-15)27(25(30)24(21)29)13-19-6-3-9-31-19/h2-9,11-12,14,22,28H,10,13H2,1H3/t14-,22+/m0/s1. The molecule has 0 bridgehead atoms. The molecule has 0 spiro atoms. The van der Waals surface area contributed by atoms with Crippen LogP contribution in [0.4, 0.5) is 0 Å². The first kappa shape index (κ1) is 20.4. The van der Waals surface area contributed by atoms with Crippen molar-refractivity contribution in [1.82, 2.24) is 4.90 Å². The number of nitrogens with zero attached hydrogens (tertiary/aromatic N) is 1. The van der Waals surface area contributed by atoms with Crippen LogP contribution in [-0.4, -0.2) is 27.8 Å². The normalized spacial score (nSPS) is 21.6. The number of hydrogen-bond donors (Lipinski definition) is 1. The number of carbonyl (C=O) groups excluding carboxylic acids is 2. The fourth-order valence-electron chi connectivity index (χ4n) is 4.36. The zero-order valence-corrected chi connectivity index (χ0v) is 18.0. The quantitative estimate of drug-likeness (QED) is 0.349. The highest BCUT2D eigenvalue weighted by atomic mass is 35.5. The third-order valence-electron chi connectivity index (χ3n) is 5.78. The van der Waals surface area contributed by atoms with Gasteiger partial charge in [-0.25, -0.2) is 0 Å². The van der Waals surface area contributed by atoms with Gasteiger partial charge in [0.1, 0.15) is 23.4 Å². The van der Waals surface area contributed by atoms with Crippen molar-refractivity contribution in [3.8, 4) is 5.75 Å². The number of aliphatic hydroxyl groups excluding tert-OH is 1. The monoisotopic (exact) mass is 449 g/mol. The lowest BCUT2D eigenvalue weighted by Crippen LogP contribution is -2.29. The maximum atomic E-state index is 13.1. The molecular weight excluding hydrogens is 430 g/mol. The van der Waals surface area contributed by atoms with E-state index in [1.807, 2.05) is 13.0 Å². The van der Waals surface area contributed by atoms with E-state index in [1.54, 1.807) is 48.5 Å². The number of furan rings is 1. The largest absolute Gasteiger partial charge is 0.507 e. The molecule has 5 rings (SSSR count). The Morgan fingerprint density at radius 1 is 1.16 bits per heavy atom. The van der Waals surface area contributed by atoms with Crippen LogP contribution in [-0.2, 0) is 22.6 Å². The summed E-state index contributed by atoms with van der Waals surface area (Å²) in [4.78, 5) is 27.5. The predicted molar refractivity (Wildman–Crippen MR) is 118 cm³/mol. The third-order valence-corrected chi connectivity index (χ3v) is 6.02. The van der Waals surface area contributed by atoms with E-state index >= 15 is 0 Å². The van der Waals surface area contributed by atoms with Gasteiger partial charge in [0.05, 0.1) is 24.4 Å². The molecule has 1 saturated heterocycles. The number of ketones is 1. The van der Waals surface area contributed by atoms with Crippen molar-refractivity contribution in [2.45, 2.75) is 32.0 Å². The Hall–Kier alpha value is -3.51. The molecule has 32 heavy (non-hydrogen) atoms. The predicted octanol–water partition coefficient (Wildman–Crippen LogP) is 4.88. The van der Waals surface area contributed by atoms with E-state index in [1.165, 1.54) is 11.2 Å². The van der Waals surface area contributed by atoms with E-state index in [0.29, 0.717) is 28.3 Å². The van der Waals surface area contributed by atoms with Gasteiger partial charge in [0.25, 0.3) is 11.7 Å². The zero-order chi connectivity index (χ0) is 22.4. The lowest BCUT2D eigenvalue weighted by atomic mass is 9.94. The Balaban J connectivity index is 1.64. The molecule has 7 heteroatoms. The Morgan fingerprint density at radius 3 is 2.75 bits per heavy atom. The number of amides is 1. The van der Waals surface area contributed by atoms with E-state index < -0.39 is 17.7 Å². The van der Waals surface area contributed by atoms with Crippen molar-refractivity contribution in [3.05, 3.63) is 93.9 Å². The summed E-state index contributed by atoms with van der Waals surface area (Å²) in [6.45, 7) is 2.06. The summed E-state index contributed by atoms with van der Waals surface area (Å²) in [5, 5.41) is 11.7. The minimum atomic E-state index is -0.803. The molecule has 162 valence electrons. The third kappa shape index (κ3) is 3.46. The number of halogens is 1. The van der Waals surface area contributed by atoms with E-state index in [-0.39, 0.29) is 24.0 Å². The second kappa shape index (κ2) is 7.88. The smallest absolute Gasteiger partial charge is 0.296 e.